The largest absolute Gasteiger partial charge is 0.459 e. The Labute approximate surface area is 335 Å². The molecular formula is C39H54Br2N8O5. The minimum Gasteiger partial charge on any atom is -0.459 e. The molecule has 2 aromatic carbocycles. The predicted octanol–water partition coefficient (Wildman–Crippen LogP) is 4.92. The van der Waals surface area contributed by atoms with Gasteiger partial charge in [-0.3, -0.25) is 19.4 Å². The Morgan fingerprint density at radius 3 is 2.15 bits per heavy atom. The summed E-state index contributed by atoms with van der Waals surface area (Å²) >= 11 is 7.06. The second kappa shape index (κ2) is 17.6. The van der Waals surface area contributed by atoms with Crippen LogP contribution in [0.1, 0.15) is 57.6 Å². The molecule has 13 nitrogen and oxygen atoms in total. The van der Waals surface area contributed by atoms with Crippen molar-refractivity contribution < 1.29 is 23.9 Å². The molecule has 1 atom stereocenters. The van der Waals surface area contributed by atoms with Gasteiger partial charge >= 0.3 is 18.0 Å². The number of fused-ring (bicyclic) bond motifs is 1. The number of urea groups is 2. The smallest absolute Gasteiger partial charge is 0.322 e. The summed E-state index contributed by atoms with van der Waals surface area (Å²) in [5.41, 5.74) is 9.10. The van der Waals surface area contributed by atoms with E-state index in [0.717, 1.165) is 71.2 Å². The SMILES string of the molecule is CC(C)(C)OC(=O)CN1CCN(C2CCN(C(=O)[C@@H](Cc3cc(Br)c(N)c(Br)c3)NC(=O)N3CCC(N4CCc5ccccc5NC4=O)CC3)CC2)CC1. The number of piperidine rings is 2. The summed E-state index contributed by atoms with van der Waals surface area (Å²) in [6.45, 7) is 12.1. The van der Waals surface area contributed by atoms with Gasteiger partial charge in [-0.25, -0.2) is 9.59 Å². The number of halogens is 2. The quantitative estimate of drug-likeness (QED) is 0.251. The normalized spacial score (nSPS) is 20.2. The first-order valence-electron chi connectivity index (χ1n) is 19.2. The minimum absolute atomic E-state index is 0.0273. The van der Waals surface area contributed by atoms with E-state index in [1.54, 1.807) is 4.90 Å². The molecule has 0 saturated carbocycles. The lowest BCUT2D eigenvalue weighted by molar-refractivity contribution is -0.156. The maximum absolute atomic E-state index is 14.2. The van der Waals surface area contributed by atoms with Crippen molar-refractivity contribution in [3.8, 4) is 0 Å². The van der Waals surface area contributed by atoms with Gasteiger partial charge in [0.05, 0.1) is 12.2 Å². The number of esters is 1. The van der Waals surface area contributed by atoms with E-state index in [0.29, 0.717) is 70.3 Å². The van der Waals surface area contributed by atoms with Crippen molar-refractivity contribution in [2.75, 3.05) is 76.5 Å². The van der Waals surface area contributed by atoms with E-state index in [2.05, 4.69) is 52.3 Å². The highest BCUT2D eigenvalue weighted by molar-refractivity contribution is 9.11. The predicted molar refractivity (Wildman–Crippen MR) is 216 cm³/mol. The van der Waals surface area contributed by atoms with Crippen molar-refractivity contribution in [1.82, 2.24) is 29.8 Å². The van der Waals surface area contributed by atoms with E-state index < -0.39 is 11.6 Å². The van der Waals surface area contributed by atoms with Gasteiger partial charge in [0.15, 0.2) is 0 Å². The molecule has 6 rings (SSSR count). The van der Waals surface area contributed by atoms with Crippen LogP contribution in [0.15, 0.2) is 45.3 Å². The van der Waals surface area contributed by atoms with Crippen molar-refractivity contribution >= 4 is 67.2 Å². The number of nitrogens with zero attached hydrogens (tertiary/aromatic N) is 5. The molecule has 5 amide bonds. The molecule has 0 aliphatic carbocycles. The van der Waals surface area contributed by atoms with Crippen LogP contribution in [0.5, 0.6) is 0 Å². The van der Waals surface area contributed by atoms with E-state index in [9.17, 15) is 19.2 Å². The van der Waals surface area contributed by atoms with Gasteiger partial charge in [0.25, 0.3) is 0 Å². The zero-order valence-electron chi connectivity index (χ0n) is 31.6. The van der Waals surface area contributed by atoms with Crippen molar-refractivity contribution in [2.24, 2.45) is 0 Å². The molecule has 4 heterocycles. The lowest BCUT2D eigenvalue weighted by Gasteiger charge is -2.43. The molecule has 0 radical (unpaired) electrons. The molecule has 0 aromatic heterocycles. The molecule has 54 heavy (non-hydrogen) atoms. The molecule has 294 valence electrons. The van der Waals surface area contributed by atoms with E-state index >= 15 is 0 Å². The lowest BCUT2D eigenvalue weighted by Crippen LogP contribution is -2.58. The van der Waals surface area contributed by atoms with Crippen LogP contribution in [0.2, 0.25) is 0 Å². The topological polar surface area (TPSA) is 144 Å². The second-order valence-electron chi connectivity index (χ2n) is 15.9. The van der Waals surface area contributed by atoms with Crippen LogP contribution in [0.25, 0.3) is 0 Å². The number of amides is 5. The van der Waals surface area contributed by atoms with Crippen LogP contribution in [0.4, 0.5) is 21.0 Å². The molecule has 0 spiro atoms. The van der Waals surface area contributed by atoms with Crippen LogP contribution in [-0.2, 0) is 27.2 Å². The average molecular weight is 875 g/mol. The first-order valence-corrected chi connectivity index (χ1v) is 20.7. The number of rotatable bonds is 8. The molecule has 0 unspecified atom stereocenters. The maximum Gasteiger partial charge on any atom is 0.322 e. The lowest BCUT2D eigenvalue weighted by atomic mass is 9.99. The fourth-order valence-electron chi connectivity index (χ4n) is 8.06. The van der Waals surface area contributed by atoms with Gasteiger partial charge in [0.1, 0.15) is 11.6 Å². The highest BCUT2D eigenvalue weighted by Crippen LogP contribution is 2.31. The number of anilines is 2. The number of nitrogens with one attached hydrogen (secondary N) is 2. The standard InChI is InChI=1S/C39H54Br2N8O5/c1-39(2,3)54-34(50)25-45-18-20-46(21-19-45)28-9-13-47(14-10-28)36(51)33(24-26-22-30(40)35(42)31(41)23-26)44-37(52)48-15-11-29(12-16-48)49-17-8-27-6-4-5-7-32(27)43-38(49)53/h4-7,22-23,28-29,33H,8-21,24-25,42H2,1-3H3,(H,43,53)(H,44,52)/t33-/m1/s1. The number of ether oxygens (including phenoxy) is 1. The third kappa shape index (κ3) is 10.3. The highest BCUT2D eigenvalue weighted by atomic mass is 79.9. The van der Waals surface area contributed by atoms with Crippen LogP contribution < -0.4 is 16.4 Å². The van der Waals surface area contributed by atoms with E-state index in [1.165, 1.54) is 0 Å². The van der Waals surface area contributed by atoms with Crippen LogP contribution >= 0.6 is 31.9 Å². The molecule has 4 N–H and O–H groups in total. The van der Waals surface area contributed by atoms with Crippen LogP contribution in [0, 0.1) is 0 Å². The summed E-state index contributed by atoms with van der Waals surface area (Å²) in [6, 6.07) is 11.0. The van der Waals surface area contributed by atoms with Crippen LogP contribution in [-0.4, -0.2) is 138 Å². The van der Waals surface area contributed by atoms with Gasteiger partial charge < -0.3 is 35.8 Å². The zero-order valence-corrected chi connectivity index (χ0v) is 34.8. The third-order valence-corrected chi connectivity index (χ3v) is 12.3. The number of nitrogen functional groups attached to an aromatic ring is 1. The summed E-state index contributed by atoms with van der Waals surface area (Å²) in [4.78, 5) is 63.7. The number of piperazine rings is 1. The van der Waals surface area contributed by atoms with Crippen molar-refractivity contribution in [3.63, 3.8) is 0 Å². The molecule has 2 aromatic rings. The number of benzene rings is 2. The maximum atomic E-state index is 14.2. The fraction of sp³-hybridized carbons (Fsp3) is 0.590. The number of carbonyl (C=O) groups excluding carboxylic acids is 4. The summed E-state index contributed by atoms with van der Waals surface area (Å²) in [5, 5.41) is 6.17. The average Bonchev–Trinajstić information content (AvgIpc) is 3.31. The molecule has 4 aliphatic rings. The fourth-order valence-corrected chi connectivity index (χ4v) is 9.35. The third-order valence-electron chi connectivity index (χ3n) is 11.0. The highest BCUT2D eigenvalue weighted by Gasteiger charge is 2.36. The molecule has 0 bridgehead atoms. The van der Waals surface area contributed by atoms with Gasteiger partial charge in [0.2, 0.25) is 5.91 Å². The van der Waals surface area contributed by atoms with Gasteiger partial charge in [-0.2, -0.15) is 0 Å². The number of hydrogen-bond donors (Lipinski definition) is 3. The van der Waals surface area contributed by atoms with Gasteiger partial charge in [-0.05, 0) is 114 Å². The Balaban J connectivity index is 1.04. The van der Waals surface area contributed by atoms with Gasteiger partial charge in [-0.15, -0.1) is 0 Å². The molecule has 3 fully saturated rings. The number of carbonyl (C=O) groups is 4. The Morgan fingerprint density at radius 2 is 1.50 bits per heavy atom. The molecular weight excluding hydrogens is 820 g/mol. The molecule has 3 saturated heterocycles. The van der Waals surface area contributed by atoms with Crippen molar-refractivity contribution in [3.05, 3.63) is 56.5 Å². The zero-order chi connectivity index (χ0) is 38.6. The molecule has 15 heteroatoms. The number of nitrogens with two attached hydrogens (primary N) is 1. The second-order valence-corrected chi connectivity index (χ2v) is 17.6. The van der Waals surface area contributed by atoms with E-state index in [4.69, 9.17) is 10.5 Å². The Hall–Kier alpha value is -3.40. The Kier molecular flexibility index (Phi) is 13.1. The number of likely N-dealkylation sites (tertiary alicyclic amines) is 2. The van der Waals surface area contributed by atoms with Gasteiger partial charge in [-0.1, -0.05) is 18.2 Å². The summed E-state index contributed by atoms with van der Waals surface area (Å²) in [7, 11) is 0. The minimum atomic E-state index is -0.763. The number of hydrogen-bond acceptors (Lipinski definition) is 8. The Bertz CT molecular complexity index is 1660. The Morgan fingerprint density at radius 1 is 0.889 bits per heavy atom. The summed E-state index contributed by atoms with van der Waals surface area (Å²) in [6.07, 6.45) is 4.11. The molecule has 4 aliphatic heterocycles. The summed E-state index contributed by atoms with van der Waals surface area (Å²) < 4.78 is 6.95. The van der Waals surface area contributed by atoms with Crippen molar-refractivity contribution in [2.45, 2.75) is 83.0 Å². The van der Waals surface area contributed by atoms with Crippen LogP contribution in [0.3, 0.4) is 0 Å². The van der Waals surface area contributed by atoms with Gasteiger partial charge in [0, 0.05) is 92.0 Å². The van der Waals surface area contributed by atoms with E-state index in [1.807, 2.05) is 67.0 Å². The first kappa shape index (κ1) is 40.3. The first-order chi connectivity index (χ1) is 25.7. The van der Waals surface area contributed by atoms with Crippen molar-refractivity contribution in [1.29, 1.82) is 0 Å². The summed E-state index contributed by atoms with van der Waals surface area (Å²) in [5.74, 6) is -0.287. The van der Waals surface area contributed by atoms with E-state index in [-0.39, 0.29) is 30.0 Å². The number of para-hydroxylation sites is 1. The monoisotopic (exact) mass is 872 g/mol.